The first kappa shape index (κ1) is 11.8. The molecule has 1 heterocycles. The third-order valence-corrected chi connectivity index (χ3v) is 2.58. The third kappa shape index (κ3) is 2.21. The van der Waals surface area contributed by atoms with Crippen LogP contribution in [0.3, 0.4) is 0 Å². The highest BCUT2D eigenvalue weighted by molar-refractivity contribution is 6.66. The van der Waals surface area contributed by atoms with E-state index in [-0.39, 0.29) is 0 Å². The van der Waals surface area contributed by atoms with Gasteiger partial charge >= 0.3 is 0 Å². The lowest BCUT2D eigenvalue weighted by molar-refractivity contribution is 0.343. The monoisotopic (exact) mass is 278 g/mol. The summed E-state index contributed by atoms with van der Waals surface area (Å²) in [6, 6.07) is 5.53. The van der Waals surface area contributed by atoms with Crippen molar-refractivity contribution in [2.24, 2.45) is 0 Å². The fourth-order valence-electron chi connectivity index (χ4n) is 1.41. The Balaban J connectivity index is 2.57. The van der Waals surface area contributed by atoms with Crippen molar-refractivity contribution < 1.29 is 4.74 Å². The van der Waals surface area contributed by atoms with Gasteiger partial charge in [-0.3, -0.25) is 0 Å². The van der Waals surface area contributed by atoms with Crippen LogP contribution in [0.5, 0.6) is 5.75 Å². The lowest BCUT2D eigenvalue weighted by atomic mass is 10.3. The zero-order valence-electron chi connectivity index (χ0n) is 8.43. The predicted molar refractivity (Wildman–Crippen MR) is 66.5 cm³/mol. The number of hydrogen-bond acceptors (Lipinski definition) is 2. The highest BCUT2D eigenvalue weighted by Crippen LogP contribution is 2.38. The van der Waals surface area contributed by atoms with Gasteiger partial charge in [0, 0.05) is 0 Å². The SMILES string of the molecule is CCOc1cccc2[nH]c(C(Cl)(Cl)Cl)nc12. The van der Waals surface area contributed by atoms with Gasteiger partial charge in [-0.05, 0) is 19.1 Å². The van der Waals surface area contributed by atoms with E-state index < -0.39 is 3.79 Å². The number of fused-ring (bicyclic) bond motifs is 1. The zero-order valence-corrected chi connectivity index (χ0v) is 10.7. The molecule has 0 bridgehead atoms. The van der Waals surface area contributed by atoms with Crippen LogP contribution >= 0.6 is 34.8 Å². The van der Waals surface area contributed by atoms with Crippen molar-refractivity contribution in [2.45, 2.75) is 10.7 Å². The van der Waals surface area contributed by atoms with E-state index >= 15 is 0 Å². The van der Waals surface area contributed by atoms with E-state index in [0.29, 0.717) is 23.7 Å². The van der Waals surface area contributed by atoms with Crippen LogP contribution in [0, 0.1) is 0 Å². The van der Waals surface area contributed by atoms with Gasteiger partial charge in [0.05, 0.1) is 12.1 Å². The van der Waals surface area contributed by atoms with E-state index in [1.165, 1.54) is 0 Å². The Morgan fingerprint density at radius 1 is 1.38 bits per heavy atom. The van der Waals surface area contributed by atoms with Gasteiger partial charge in [-0.1, -0.05) is 40.9 Å². The molecular formula is C10H9Cl3N2O. The molecule has 3 nitrogen and oxygen atoms in total. The molecule has 2 aromatic rings. The quantitative estimate of drug-likeness (QED) is 0.849. The number of rotatable bonds is 2. The fraction of sp³-hybridized carbons (Fsp3) is 0.300. The minimum atomic E-state index is -1.55. The largest absolute Gasteiger partial charge is 0.492 e. The minimum Gasteiger partial charge on any atom is -0.492 e. The lowest BCUT2D eigenvalue weighted by Crippen LogP contribution is -2.02. The van der Waals surface area contributed by atoms with Gasteiger partial charge in [-0.25, -0.2) is 4.98 Å². The normalized spacial score (nSPS) is 12.0. The molecule has 0 unspecified atom stereocenters. The second-order valence-electron chi connectivity index (χ2n) is 3.17. The lowest BCUT2D eigenvalue weighted by Gasteiger charge is -2.04. The third-order valence-electron chi connectivity index (χ3n) is 2.04. The summed E-state index contributed by atoms with van der Waals surface area (Å²) in [5, 5.41) is 0. The number of nitrogens with zero attached hydrogens (tertiary/aromatic N) is 1. The molecule has 0 aliphatic carbocycles. The van der Waals surface area contributed by atoms with Gasteiger partial charge in [0.1, 0.15) is 11.3 Å². The number of aromatic amines is 1. The molecule has 0 saturated carbocycles. The molecule has 0 fully saturated rings. The van der Waals surface area contributed by atoms with Crippen LogP contribution in [0.1, 0.15) is 12.7 Å². The number of halogens is 3. The van der Waals surface area contributed by atoms with Crippen molar-refractivity contribution in [3.63, 3.8) is 0 Å². The summed E-state index contributed by atoms with van der Waals surface area (Å²) in [7, 11) is 0. The molecule has 0 spiro atoms. The summed E-state index contributed by atoms with van der Waals surface area (Å²) in [5.74, 6) is 0.969. The van der Waals surface area contributed by atoms with Crippen molar-refractivity contribution >= 4 is 45.8 Å². The number of imidazole rings is 1. The molecule has 16 heavy (non-hydrogen) atoms. The van der Waals surface area contributed by atoms with Crippen LogP contribution in [0.25, 0.3) is 11.0 Å². The maximum absolute atomic E-state index is 5.76. The summed E-state index contributed by atoms with van der Waals surface area (Å²) in [6.07, 6.45) is 0. The van der Waals surface area contributed by atoms with Crippen LogP contribution in [-0.2, 0) is 3.79 Å². The van der Waals surface area contributed by atoms with E-state index in [1.54, 1.807) is 0 Å². The Bertz CT molecular complexity index is 504. The average Bonchev–Trinajstić information content (AvgIpc) is 2.62. The standard InChI is InChI=1S/C10H9Cl3N2O/c1-2-16-7-5-3-4-6-8(7)15-9(14-6)10(11,12)13/h3-5H,2H2,1H3,(H,14,15). The van der Waals surface area contributed by atoms with Crippen molar-refractivity contribution in [2.75, 3.05) is 6.61 Å². The maximum atomic E-state index is 5.76. The molecule has 0 amide bonds. The van der Waals surface area contributed by atoms with Crippen molar-refractivity contribution in [1.82, 2.24) is 9.97 Å². The van der Waals surface area contributed by atoms with Crippen LogP contribution in [-0.4, -0.2) is 16.6 Å². The molecule has 0 aliphatic heterocycles. The maximum Gasteiger partial charge on any atom is 0.248 e. The molecule has 1 aromatic carbocycles. The topological polar surface area (TPSA) is 37.9 Å². The number of H-pyrrole nitrogens is 1. The number of alkyl halides is 3. The molecule has 1 aromatic heterocycles. The van der Waals surface area contributed by atoms with Gasteiger partial charge in [-0.15, -0.1) is 0 Å². The molecule has 6 heteroatoms. The van der Waals surface area contributed by atoms with Crippen LogP contribution in [0.15, 0.2) is 18.2 Å². The van der Waals surface area contributed by atoms with Crippen LogP contribution in [0.4, 0.5) is 0 Å². The smallest absolute Gasteiger partial charge is 0.248 e. The second kappa shape index (κ2) is 4.32. The zero-order chi connectivity index (χ0) is 11.8. The van der Waals surface area contributed by atoms with E-state index in [0.717, 1.165) is 5.52 Å². The Labute approximate surface area is 108 Å². The van der Waals surface area contributed by atoms with Gasteiger partial charge in [0.2, 0.25) is 3.79 Å². The highest BCUT2D eigenvalue weighted by atomic mass is 35.6. The van der Waals surface area contributed by atoms with Gasteiger partial charge in [0.15, 0.2) is 5.82 Å². The van der Waals surface area contributed by atoms with Crippen LogP contribution in [0.2, 0.25) is 0 Å². The number of para-hydroxylation sites is 1. The first-order valence-corrected chi connectivity index (χ1v) is 5.84. The number of ether oxygens (including phenoxy) is 1. The summed E-state index contributed by atoms with van der Waals surface area (Å²) in [6.45, 7) is 2.47. The Morgan fingerprint density at radius 3 is 2.75 bits per heavy atom. The molecule has 2 rings (SSSR count). The molecule has 0 atom stereocenters. The number of nitrogens with one attached hydrogen (secondary N) is 1. The van der Waals surface area contributed by atoms with E-state index in [4.69, 9.17) is 39.5 Å². The number of aromatic nitrogens is 2. The molecule has 0 radical (unpaired) electrons. The molecule has 86 valence electrons. The van der Waals surface area contributed by atoms with Gasteiger partial charge in [-0.2, -0.15) is 0 Å². The predicted octanol–water partition coefficient (Wildman–Crippen LogP) is 3.79. The second-order valence-corrected chi connectivity index (χ2v) is 5.45. The van der Waals surface area contributed by atoms with Gasteiger partial charge in [0.25, 0.3) is 0 Å². The summed E-state index contributed by atoms with van der Waals surface area (Å²) >= 11 is 17.3. The Hall–Kier alpha value is -0.640. The van der Waals surface area contributed by atoms with E-state index in [2.05, 4.69) is 9.97 Å². The molecule has 0 saturated heterocycles. The van der Waals surface area contributed by atoms with Crippen molar-refractivity contribution in [1.29, 1.82) is 0 Å². The van der Waals surface area contributed by atoms with Crippen molar-refractivity contribution in [3.05, 3.63) is 24.0 Å². The first-order chi connectivity index (χ1) is 7.52. The number of hydrogen-bond donors (Lipinski definition) is 1. The van der Waals surface area contributed by atoms with Gasteiger partial charge < -0.3 is 9.72 Å². The Kier molecular flexibility index (Phi) is 3.19. The molecule has 1 N–H and O–H groups in total. The number of benzene rings is 1. The van der Waals surface area contributed by atoms with E-state index in [1.807, 2.05) is 25.1 Å². The fourth-order valence-corrected chi connectivity index (χ4v) is 1.68. The van der Waals surface area contributed by atoms with E-state index in [9.17, 15) is 0 Å². The minimum absolute atomic E-state index is 0.291. The highest BCUT2D eigenvalue weighted by Gasteiger charge is 2.27. The molecule has 0 aliphatic rings. The first-order valence-electron chi connectivity index (χ1n) is 4.71. The summed E-state index contributed by atoms with van der Waals surface area (Å²) < 4.78 is 3.88. The summed E-state index contributed by atoms with van der Waals surface area (Å²) in [4.78, 5) is 7.17. The molecular weight excluding hydrogens is 270 g/mol. The van der Waals surface area contributed by atoms with Crippen LogP contribution < -0.4 is 4.74 Å². The Morgan fingerprint density at radius 2 is 2.12 bits per heavy atom. The summed E-state index contributed by atoms with van der Waals surface area (Å²) in [5.41, 5.74) is 1.46. The average molecular weight is 280 g/mol. The van der Waals surface area contributed by atoms with Crippen molar-refractivity contribution in [3.8, 4) is 5.75 Å².